The number of anilines is 1. The Labute approximate surface area is 111 Å². The average Bonchev–Trinajstić information content (AvgIpc) is 3.01. The van der Waals surface area contributed by atoms with Gasteiger partial charge in [0.15, 0.2) is 5.82 Å². The lowest BCUT2D eigenvalue weighted by Gasteiger charge is -2.04. The Kier molecular flexibility index (Phi) is 3.21. The van der Waals surface area contributed by atoms with Crippen molar-refractivity contribution in [2.45, 2.75) is 32.3 Å². The topological polar surface area (TPSA) is 74.2 Å². The van der Waals surface area contributed by atoms with Crippen LogP contribution in [-0.4, -0.2) is 22.9 Å². The molecule has 1 aliphatic heterocycles. The van der Waals surface area contributed by atoms with E-state index in [0.717, 1.165) is 42.7 Å². The summed E-state index contributed by atoms with van der Waals surface area (Å²) in [5.41, 5.74) is 8.44. The number of nitrogen functional groups attached to an aromatic ring is 1. The Balaban J connectivity index is 1.80. The van der Waals surface area contributed by atoms with Crippen LogP contribution in [0.25, 0.3) is 11.5 Å². The summed E-state index contributed by atoms with van der Waals surface area (Å²) in [6.45, 7) is 2.82. The van der Waals surface area contributed by atoms with E-state index in [1.54, 1.807) is 0 Å². The summed E-state index contributed by atoms with van der Waals surface area (Å²) >= 11 is 0. The van der Waals surface area contributed by atoms with E-state index in [2.05, 4.69) is 10.1 Å². The van der Waals surface area contributed by atoms with Crippen LogP contribution >= 0.6 is 0 Å². The number of aryl methyl sites for hydroxylation is 1. The van der Waals surface area contributed by atoms with Crippen LogP contribution in [0.1, 0.15) is 24.2 Å². The van der Waals surface area contributed by atoms with Gasteiger partial charge in [-0.2, -0.15) is 4.98 Å². The Bertz CT molecular complexity index is 574. The van der Waals surface area contributed by atoms with Crippen molar-refractivity contribution in [1.82, 2.24) is 10.1 Å². The molecule has 2 heterocycles. The van der Waals surface area contributed by atoms with Crippen molar-refractivity contribution in [3.05, 3.63) is 29.6 Å². The van der Waals surface area contributed by atoms with Crippen molar-refractivity contribution in [1.29, 1.82) is 0 Å². The molecule has 0 aliphatic carbocycles. The Morgan fingerprint density at radius 1 is 1.42 bits per heavy atom. The minimum absolute atomic E-state index is 0.234. The van der Waals surface area contributed by atoms with E-state index in [9.17, 15) is 0 Å². The van der Waals surface area contributed by atoms with Gasteiger partial charge in [0.25, 0.3) is 5.89 Å². The van der Waals surface area contributed by atoms with Gasteiger partial charge in [0.2, 0.25) is 0 Å². The molecule has 5 nitrogen and oxygen atoms in total. The number of hydrogen-bond acceptors (Lipinski definition) is 5. The first kappa shape index (κ1) is 12.2. The molecule has 1 unspecified atom stereocenters. The molecular weight excluding hydrogens is 242 g/mol. The second-order valence-electron chi connectivity index (χ2n) is 4.93. The summed E-state index contributed by atoms with van der Waals surface area (Å²) in [6, 6.07) is 5.65. The highest BCUT2D eigenvalue weighted by atomic mass is 16.5. The second kappa shape index (κ2) is 5.01. The van der Waals surface area contributed by atoms with E-state index >= 15 is 0 Å². The monoisotopic (exact) mass is 259 g/mol. The fraction of sp³-hybridized carbons (Fsp3) is 0.429. The molecule has 0 saturated carbocycles. The van der Waals surface area contributed by atoms with Crippen molar-refractivity contribution in [3.63, 3.8) is 0 Å². The molecule has 19 heavy (non-hydrogen) atoms. The lowest BCUT2D eigenvalue weighted by molar-refractivity contribution is 0.109. The molecule has 1 aliphatic rings. The average molecular weight is 259 g/mol. The van der Waals surface area contributed by atoms with Gasteiger partial charge in [0, 0.05) is 24.3 Å². The van der Waals surface area contributed by atoms with Crippen LogP contribution in [0.15, 0.2) is 22.7 Å². The molecule has 1 fully saturated rings. The first-order valence-electron chi connectivity index (χ1n) is 6.53. The van der Waals surface area contributed by atoms with Crippen molar-refractivity contribution in [2.75, 3.05) is 12.3 Å². The highest BCUT2D eigenvalue weighted by Crippen LogP contribution is 2.24. The molecule has 1 aromatic heterocycles. The number of ether oxygens (including phenoxy) is 1. The summed E-state index contributed by atoms with van der Waals surface area (Å²) < 4.78 is 10.9. The van der Waals surface area contributed by atoms with E-state index in [4.69, 9.17) is 15.0 Å². The largest absolute Gasteiger partial charge is 0.399 e. The lowest BCUT2D eigenvalue weighted by atomic mass is 10.1. The van der Waals surface area contributed by atoms with E-state index in [1.807, 2.05) is 25.1 Å². The van der Waals surface area contributed by atoms with Gasteiger partial charge in [0.1, 0.15) is 0 Å². The Morgan fingerprint density at radius 3 is 3.05 bits per heavy atom. The molecule has 1 atom stereocenters. The third kappa shape index (κ3) is 2.61. The zero-order chi connectivity index (χ0) is 13.2. The number of benzene rings is 1. The van der Waals surface area contributed by atoms with E-state index in [1.165, 1.54) is 0 Å². The van der Waals surface area contributed by atoms with Gasteiger partial charge in [-0.1, -0.05) is 5.16 Å². The maximum Gasteiger partial charge on any atom is 0.258 e. The van der Waals surface area contributed by atoms with Gasteiger partial charge in [-0.05, 0) is 43.5 Å². The highest BCUT2D eigenvalue weighted by Gasteiger charge is 2.19. The zero-order valence-corrected chi connectivity index (χ0v) is 10.9. The summed E-state index contributed by atoms with van der Waals surface area (Å²) in [7, 11) is 0. The normalized spacial score (nSPS) is 18.9. The van der Waals surface area contributed by atoms with E-state index < -0.39 is 0 Å². The smallest absolute Gasteiger partial charge is 0.258 e. The molecule has 3 rings (SSSR count). The Hall–Kier alpha value is -1.88. The molecule has 0 bridgehead atoms. The summed E-state index contributed by atoms with van der Waals surface area (Å²) in [5.74, 6) is 1.25. The van der Waals surface area contributed by atoms with Crippen LogP contribution in [0.4, 0.5) is 5.69 Å². The standard InChI is InChI=1S/C14H17N3O2/c1-9-7-10(15)4-5-12(9)14-16-13(17-19-14)8-11-3-2-6-18-11/h4-5,7,11H,2-3,6,8,15H2,1H3. The molecule has 0 spiro atoms. The molecule has 5 heteroatoms. The summed E-state index contributed by atoms with van der Waals surface area (Å²) in [6.07, 6.45) is 3.15. The quantitative estimate of drug-likeness (QED) is 0.856. The van der Waals surface area contributed by atoms with Crippen molar-refractivity contribution < 1.29 is 9.26 Å². The van der Waals surface area contributed by atoms with Crippen LogP contribution < -0.4 is 5.73 Å². The minimum Gasteiger partial charge on any atom is -0.399 e. The van der Waals surface area contributed by atoms with Crippen molar-refractivity contribution in [3.8, 4) is 11.5 Å². The molecule has 2 N–H and O–H groups in total. The van der Waals surface area contributed by atoms with E-state index in [-0.39, 0.29) is 6.10 Å². The second-order valence-corrected chi connectivity index (χ2v) is 4.93. The third-order valence-corrected chi connectivity index (χ3v) is 3.38. The number of nitrogens with two attached hydrogens (primary N) is 1. The van der Waals surface area contributed by atoms with Crippen LogP contribution in [0.3, 0.4) is 0 Å². The minimum atomic E-state index is 0.234. The fourth-order valence-corrected chi connectivity index (χ4v) is 2.38. The van der Waals surface area contributed by atoms with Crippen molar-refractivity contribution in [2.24, 2.45) is 0 Å². The molecule has 1 aromatic carbocycles. The maximum absolute atomic E-state index is 5.74. The van der Waals surface area contributed by atoms with E-state index in [0.29, 0.717) is 11.7 Å². The predicted molar refractivity (Wildman–Crippen MR) is 71.6 cm³/mol. The number of aromatic nitrogens is 2. The maximum atomic E-state index is 5.74. The van der Waals surface area contributed by atoms with Gasteiger partial charge in [-0.25, -0.2) is 0 Å². The van der Waals surface area contributed by atoms with Gasteiger partial charge in [-0.3, -0.25) is 0 Å². The van der Waals surface area contributed by atoms with Crippen LogP contribution in [0.2, 0.25) is 0 Å². The van der Waals surface area contributed by atoms with Gasteiger partial charge in [-0.15, -0.1) is 0 Å². The SMILES string of the molecule is Cc1cc(N)ccc1-c1nc(CC2CCCO2)no1. The summed E-state index contributed by atoms with van der Waals surface area (Å²) in [4.78, 5) is 4.44. The molecular formula is C14H17N3O2. The molecule has 1 saturated heterocycles. The van der Waals surface area contributed by atoms with Crippen LogP contribution in [0.5, 0.6) is 0 Å². The fourth-order valence-electron chi connectivity index (χ4n) is 2.38. The predicted octanol–water partition coefficient (Wildman–Crippen LogP) is 2.35. The highest BCUT2D eigenvalue weighted by molar-refractivity contribution is 5.62. The number of nitrogens with zero attached hydrogens (tertiary/aromatic N) is 2. The molecule has 0 radical (unpaired) electrons. The van der Waals surface area contributed by atoms with Gasteiger partial charge in [0.05, 0.1) is 6.10 Å². The Morgan fingerprint density at radius 2 is 2.32 bits per heavy atom. The van der Waals surface area contributed by atoms with Gasteiger partial charge < -0.3 is 15.0 Å². The molecule has 2 aromatic rings. The number of hydrogen-bond donors (Lipinski definition) is 1. The summed E-state index contributed by atoms with van der Waals surface area (Å²) in [5, 5.41) is 4.02. The zero-order valence-electron chi connectivity index (χ0n) is 10.9. The van der Waals surface area contributed by atoms with Crippen LogP contribution in [0, 0.1) is 6.92 Å². The molecule has 100 valence electrons. The number of rotatable bonds is 3. The lowest BCUT2D eigenvalue weighted by Crippen LogP contribution is -2.09. The molecule has 0 amide bonds. The van der Waals surface area contributed by atoms with Crippen LogP contribution in [-0.2, 0) is 11.2 Å². The first-order valence-corrected chi connectivity index (χ1v) is 6.53. The first-order chi connectivity index (χ1) is 9.22. The van der Waals surface area contributed by atoms with Gasteiger partial charge >= 0.3 is 0 Å². The third-order valence-electron chi connectivity index (χ3n) is 3.38. The van der Waals surface area contributed by atoms with Crippen molar-refractivity contribution >= 4 is 5.69 Å².